The van der Waals surface area contributed by atoms with Gasteiger partial charge in [-0.15, -0.1) is 0 Å². The molecule has 172 valence electrons. The van der Waals surface area contributed by atoms with E-state index in [1.165, 1.54) is 17.6 Å². The summed E-state index contributed by atoms with van der Waals surface area (Å²) < 4.78 is 0. The molecule has 1 N–H and O–H groups in total. The van der Waals surface area contributed by atoms with Gasteiger partial charge in [0.05, 0.1) is 6.10 Å². The van der Waals surface area contributed by atoms with Crippen molar-refractivity contribution in [1.29, 1.82) is 0 Å². The standard InChI is InChI=1S/C29H44O2/c1-25(2)13-10-18-19(16-25)20-8-9-23-27(5)14-12-24(31)26(3,4)22(27)11-15-28(23,6)29(20,7)17-21(18)30/h8-9,18,22-24,31H,10-17H2,1-7H3/t18?,22?,23-,24+,27+,28-,29-/m1/s1. The van der Waals surface area contributed by atoms with Crippen LogP contribution in [0, 0.1) is 44.8 Å². The van der Waals surface area contributed by atoms with Crippen LogP contribution < -0.4 is 0 Å². The van der Waals surface area contributed by atoms with Crippen LogP contribution in [0.2, 0.25) is 0 Å². The molecular formula is C29H44O2. The number of allylic oxidation sites excluding steroid dienone is 4. The number of aliphatic hydroxyl groups excluding tert-OH is 1. The normalized spacial score (nSPS) is 50.3. The molecule has 0 bridgehead atoms. The molecular weight excluding hydrogens is 380 g/mol. The Morgan fingerprint density at radius 3 is 2.32 bits per heavy atom. The second-order valence-corrected chi connectivity index (χ2v) is 14.1. The van der Waals surface area contributed by atoms with Crippen LogP contribution in [0.4, 0.5) is 0 Å². The summed E-state index contributed by atoms with van der Waals surface area (Å²) in [5.74, 6) is 1.70. The quantitative estimate of drug-likeness (QED) is 0.460. The molecule has 7 atom stereocenters. The van der Waals surface area contributed by atoms with Crippen molar-refractivity contribution >= 4 is 5.78 Å². The Balaban J connectivity index is 1.65. The summed E-state index contributed by atoms with van der Waals surface area (Å²) in [6.07, 6.45) is 13.2. The Morgan fingerprint density at radius 1 is 0.903 bits per heavy atom. The molecule has 31 heavy (non-hydrogen) atoms. The minimum absolute atomic E-state index is 0.0390. The predicted molar refractivity (Wildman–Crippen MR) is 126 cm³/mol. The molecule has 0 heterocycles. The highest BCUT2D eigenvalue weighted by atomic mass is 16.3. The van der Waals surface area contributed by atoms with Gasteiger partial charge in [0.25, 0.3) is 0 Å². The van der Waals surface area contributed by atoms with Crippen molar-refractivity contribution < 1.29 is 9.90 Å². The average molecular weight is 425 g/mol. The molecule has 5 rings (SSSR count). The summed E-state index contributed by atoms with van der Waals surface area (Å²) in [6.45, 7) is 16.8. The zero-order chi connectivity index (χ0) is 22.6. The van der Waals surface area contributed by atoms with E-state index in [9.17, 15) is 9.90 Å². The first-order valence-electron chi connectivity index (χ1n) is 12.9. The van der Waals surface area contributed by atoms with Crippen LogP contribution in [0.15, 0.2) is 23.3 Å². The van der Waals surface area contributed by atoms with Crippen molar-refractivity contribution in [3.8, 4) is 0 Å². The monoisotopic (exact) mass is 424 g/mol. The second kappa shape index (κ2) is 6.37. The summed E-state index contributed by atoms with van der Waals surface area (Å²) in [5.41, 5.74) is 3.52. The Hall–Kier alpha value is -0.890. The Labute approximate surface area is 190 Å². The van der Waals surface area contributed by atoms with E-state index in [0.717, 1.165) is 44.9 Å². The average Bonchev–Trinajstić information content (AvgIpc) is 2.65. The molecule has 5 aliphatic carbocycles. The predicted octanol–water partition coefficient (Wildman–Crippen LogP) is 6.88. The highest BCUT2D eigenvalue weighted by molar-refractivity contribution is 5.88. The van der Waals surface area contributed by atoms with Crippen molar-refractivity contribution in [3.63, 3.8) is 0 Å². The molecule has 2 unspecified atom stereocenters. The first kappa shape index (κ1) is 21.9. The van der Waals surface area contributed by atoms with Crippen LogP contribution in [0.3, 0.4) is 0 Å². The molecule has 0 aromatic carbocycles. The van der Waals surface area contributed by atoms with Crippen molar-refractivity contribution in [2.45, 2.75) is 106 Å². The zero-order valence-corrected chi connectivity index (χ0v) is 21.0. The summed E-state index contributed by atoms with van der Waals surface area (Å²) in [5, 5.41) is 10.8. The van der Waals surface area contributed by atoms with Crippen molar-refractivity contribution in [2.24, 2.45) is 44.8 Å². The maximum absolute atomic E-state index is 13.5. The minimum Gasteiger partial charge on any atom is -0.393 e. The Bertz CT molecular complexity index is 875. The van der Waals surface area contributed by atoms with Crippen molar-refractivity contribution in [1.82, 2.24) is 0 Å². The molecule has 0 amide bonds. The number of hydrogen-bond acceptors (Lipinski definition) is 2. The van der Waals surface area contributed by atoms with Gasteiger partial charge in [-0.3, -0.25) is 4.79 Å². The fourth-order valence-electron chi connectivity index (χ4n) is 9.52. The third kappa shape index (κ3) is 2.69. The van der Waals surface area contributed by atoms with Crippen molar-refractivity contribution in [3.05, 3.63) is 23.3 Å². The zero-order valence-electron chi connectivity index (χ0n) is 21.0. The third-order valence-corrected chi connectivity index (χ3v) is 11.6. The van der Waals surface area contributed by atoms with Crippen LogP contribution in [-0.2, 0) is 4.79 Å². The van der Waals surface area contributed by atoms with Gasteiger partial charge < -0.3 is 5.11 Å². The van der Waals surface area contributed by atoms with Gasteiger partial charge in [0.1, 0.15) is 5.78 Å². The van der Waals surface area contributed by atoms with E-state index in [4.69, 9.17) is 0 Å². The van der Waals surface area contributed by atoms with Gasteiger partial charge in [-0.2, -0.15) is 0 Å². The lowest BCUT2D eigenvalue weighted by molar-refractivity contribution is -0.182. The van der Waals surface area contributed by atoms with Crippen LogP contribution in [-0.4, -0.2) is 17.0 Å². The number of carbonyl (C=O) groups is 1. The largest absolute Gasteiger partial charge is 0.393 e. The van der Waals surface area contributed by atoms with E-state index in [2.05, 4.69) is 60.6 Å². The maximum atomic E-state index is 13.5. The lowest BCUT2D eigenvalue weighted by atomic mass is 9.36. The van der Waals surface area contributed by atoms with Crippen molar-refractivity contribution in [2.75, 3.05) is 0 Å². The second-order valence-electron chi connectivity index (χ2n) is 14.1. The van der Waals surface area contributed by atoms with Gasteiger partial charge in [0, 0.05) is 17.8 Å². The van der Waals surface area contributed by atoms with Gasteiger partial charge in [0.15, 0.2) is 0 Å². The van der Waals surface area contributed by atoms with E-state index in [1.807, 2.05) is 0 Å². The molecule has 3 saturated carbocycles. The number of Topliss-reactive ketones (excluding diaryl/α,β-unsaturated/α-hetero) is 1. The molecule has 0 saturated heterocycles. The molecule has 0 spiro atoms. The lowest BCUT2D eigenvalue weighted by Crippen LogP contribution is -2.63. The highest BCUT2D eigenvalue weighted by Gasteiger charge is 2.66. The molecule has 0 radical (unpaired) electrons. The lowest BCUT2D eigenvalue weighted by Gasteiger charge is -2.68. The first-order chi connectivity index (χ1) is 14.3. The topological polar surface area (TPSA) is 37.3 Å². The van der Waals surface area contributed by atoms with E-state index >= 15 is 0 Å². The Kier molecular flexibility index (Phi) is 4.50. The number of fused-ring (bicyclic) bond motifs is 6. The molecule has 0 aromatic rings. The number of rotatable bonds is 0. The van der Waals surface area contributed by atoms with Crippen LogP contribution in [0.1, 0.15) is 99.8 Å². The van der Waals surface area contributed by atoms with E-state index < -0.39 is 0 Å². The smallest absolute Gasteiger partial charge is 0.140 e. The van der Waals surface area contributed by atoms with Gasteiger partial charge in [0.2, 0.25) is 0 Å². The first-order valence-corrected chi connectivity index (χ1v) is 12.9. The highest BCUT2D eigenvalue weighted by Crippen LogP contribution is 2.72. The Morgan fingerprint density at radius 2 is 1.61 bits per heavy atom. The molecule has 2 heteroatoms. The molecule has 0 aliphatic heterocycles. The molecule has 3 fully saturated rings. The molecule has 5 aliphatic rings. The summed E-state index contributed by atoms with van der Waals surface area (Å²) in [4.78, 5) is 13.5. The van der Waals surface area contributed by atoms with Gasteiger partial charge in [-0.05, 0) is 84.0 Å². The SMILES string of the molecule is CC1(C)CCC2C(=O)C[C@]3(C)C(=C2C1)C=C[C@@H]1[C@@]2(C)CC[C@H](O)C(C)(C)C2CC[C@]13C. The molecule has 2 nitrogen and oxygen atoms in total. The van der Waals surface area contributed by atoms with Crippen LogP contribution in [0.5, 0.6) is 0 Å². The van der Waals surface area contributed by atoms with Crippen LogP contribution >= 0.6 is 0 Å². The van der Waals surface area contributed by atoms with E-state index in [-0.39, 0.29) is 33.7 Å². The maximum Gasteiger partial charge on any atom is 0.140 e. The summed E-state index contributed by atoms with van der Waals surface area (Å²) in [7, 11) is 0. The van der Waals surface area contributed by atoms with Gasteiger partial charge >= 0.3 is 0 Å². The summed E-state index contributed by atoms with van der Waals surface area (Å²) >= 11 is 0. The number of hydrogen-bond donors (Lipinski definition) is 1. The van der Waals surface area contributed by atoms with Crippen LogP contribution in [0.25, 0.3) is 0 Å². The van der Waals surface area contributed by atoms with Gasteiger partial charge in [-0.25, -0.2) is 0 Å². The van der Waals surface area contributed by atoms with Gasteiger partial charge in [-0.1, -0.05) is 66.2 Å². The van der Waals surface area contributed by atoms with E-state index in [0.29, 0.717) is 23.0 Å². The fourth-order valence-corrected chi connectivity index (χ4v) is 9.52. The van der Waals surface area contributed by atoms with E-state index in [1.54, 1.807) is 0 Å². The number of ketones is 1. The third-order valence-electron chi connectivity index (χ3n) is 11.6. The fraction of sp³-hybridized carbons (Fsp3) is 0.828. The number of carbonyl (C=O) groups excluding carboxylic acids is 1. The summed E-state index contributed by atoms with van der Waals surface area (Å²) in [6, 6.07) is 0. The minimum atomic E-state index is -0.197. The molecule has 0 aromatic heterocycles. The number of aliphatic hydroxyl groups is 1.